The zero-order chi connectivity index (χ0) is 17.3. The van der Waals surface area contributed by atoms with E-state index in [0.29, 0.717) is 16.4 Å². The van der Waals surface area contributed by atoms with E-state index in [0.717, 1.165) is 11.3 Å². The molecule has 0 saturated carbocycles. The highest BCUT2D eigenvalue weighted by Gasteiger charge is 2.14. The van der Waals surface area contributed by atoms with Gasteiger partial charge in [-0.15, -0.1) is 0 Å². The third-order valence-electron chi connectivity index (χ3n) is 3.50. The van der Waals surface area contributed by atoms with Gasteiger partial charge < -0.3 is 4.74 Å². The Morgan fingerprint density at radius 2 is 1.71 bits per heavy atom. The summed E-state index contributed by atoms with van der Waals surface area (Å²) in [5, 5.41) is 9.87. The Bertz CT molecular complexity index is 965. The molecule has 2 N–H and O–H groups in total. The fourth-order valence-corrected chi connectivity index (χ4v) is 3.06. The molecule has 0 aliphatic carbocycles. The minimum absolute atomic E-state index is 0.0375. The van der Waals surface area contributed by atoms with Crippen molar-refractivity contribution in [1.29, 1.82) is 0 Å². The third-order valence-corrected chi connectivity index (χ3v) is 4.70. The highest BCUT2D eigenvalue weighted by Crippen LogP contribution is 2.31. The molecule has 0 spiro atoms. The predicted molar refractivity (Wildman–Crippen MR) is 91.9 cm³/mol. The van der Waals surface area contributed by atoms with Gasteiger partial charge in [-0.05, 0) is 48.5 Å². The Labute approximate surface area is 144 Å². The van der Waals surface area contributed by atoms with Crippen LogP contribution in [0.15, 0.2) is 59.6 Å². The molecule has 3 aromatic rings. The molecule has 0 unspecified atom stereocenters. The van der Waals surface area contributed by atoms with Gasteiger partial charge in [-0.3, -0.25) is 0 Å². The average Bonchev–Trinajstić information content (AvgIpc) is 2.96. The van der Waals surface area contributed by atoms with E-state index in [9.17, 15) is 8.42 Å². The molecule has 0 atom stereocenters. The summed E-state index contributed by atoms with van der Waals surface area (Å²) in [5.74, 6) is 0.735. The van der Waals surface area contributed by atoms with Crippen molar-refractivity contribution in [3.8, 4) is 22.7 Å². The van der Waals surface area contributed by atoms with Gasteiger partial charge in [0.15, 0.2) is 0 Å². The van der Waals surface area contributed by atoms with Crippen LogP contribution in [0.3, 0.4) is 0 Å². The molecule has 0 saturated heterocycles. The van der Waals surface area contributed by atoms with Crippen LogP contribution < -0.4 is 9.88 Å². The van der Waals surface area contributed by atoms with Crippen molar-refractivity contribution in [2.45, 2.75) is 4.90 Å². The lowest BCUT2D eigenvalue weighted by Crippen LogP contribution is -2.12. The van der Waals surface area contributed by atoms with Crippen LogP contribution in [0.25, 0.3) is 16.9 Å². The van der Waals surface area contributed by atoms with Crippen LogP contribution in [0, 0.1) is 0 Å². The molecule has 124 valence electrons. The van der Waals surface area contributed by atoms with E-state index in [1.165, 1.54) is 18.3 Å². The molecule has 1 heterocycles. The minimum atomic E-state index is -3.74. The number of nitrogens with zero attached hydrogens (tertiary/aromatic N) is 2. The van der Waals surface area contributed by atoms with E-state index in [1.54, 1.807) is 23.9 Å². The maximum absolute atomic E-state index is 11.4. The van der Waals surface area contributed by atoms with E-state index >= 15 is 0 Å². The maximum atomic E-state index is 11.4. The molecule has 24 heavy (non-hydrogen) atoms. The van der Waals surface area contributed by atoms with Gasteiger partial charge in [0.1, 0.15) is 5.75 Å². The number of benzene rings is 2. The number of ether oxygens (including phenoxy) is 1. The van der Waals surface area contributed by atoms with Crippen molar-refractivity contribution in [3.05, 3.63) is 59.8 Å². The first-order valence-corrected chi connectivity index (χ1v) is 8.84. The standard InChI is InChI=1S/C16H14ClN3O3S/c1-23-13-6-2-11(3-7-13)16-15(17)10-19-20(16)12-4-8-14(9-5-12)24(18,21)22/h2-10H,1H3,(H2,18,21,22). The zero-order valence-electron chi connectivity index (χ0n) is 12.7. The van der Waals surface area contributed by atoms with E-state index < -0.39 is 10.0 Å². The van der Waals surface area contributed by atoms with Crippen LogP contribution in [-0.4, -0.2) is 25.3 Å². The topological polar surface area (TPSA) is 87.2 Å². The fourth-order valence-electron chi connectivity index (χ4n) is 2.31. The normalized spacial score (nSPS) is 11.5. The molecule has 6 nitrogen and oxygen atoms in total. The summed E-state index contributed by atoms with van der Waals surface area (Å²) in [5.41, 5.74) is 2.22. The van der Waals surface area contributed by atoms with Crippen LogP contribution in [0.4, 0.5) is 0 Å². The Balaban J connectivity index is 2.06. The van der Waals surface area contributed by atoms with Crippen molar-refractivity contribution in [2.75, 3.05) is 7.11 Å². The van der Waals surface area contributed by atoms with E-state index in [1.807, 2.05) is 24.3 Å². The summed E-state index contributed by atoms with van der Waals surface area (Å²) in [6.07, 6.45) is 1.54. The third kappa shape index (κ3) is 3.14. The monoisotopic (exact) mass is 363 g/mol. The number of primary sulfonamides is 1. The number of nitrogens with two attached hydrogens (primary N) is 1. The van der Waals surface area contributed by atoms with Gasteiger partial charge in [0, 0.05) is 5.56 Å². The highest BCUT2D eigenvalue weighted by atomic mass is 35.5. The largest absolute Gasteiger partial charge is 0.497 e. The Kier molecular flexibility index (Phi) is 4.31. The van der Waals surface area contributed by atoms with Gasteiger partial charge in [-0.25, -0.2) is 18.2 Å². The second kappa shape index (κ2) is 6.27. The van der Waals surface area contributed by atoms with Gasteiger partial charge in [0.2, 0.25) is 10.0 Å². The molecule has 1 aromatic heterocycles. The first-order valence-electron chi connectivity index (χ1n) is 6.91. The van der Waals surface area contributed by atoms with Crippen molar-refractivity contribution >= 4 is 21.6 Å². The van der Waals surface area contributed by atoms with Crippen molar-refractivity contribution in [2.24, 2.45) is 5.14 Å². The average molecular weight is 364 g/mol. The lowest BCUT2D eigenvalue weighted by atomic mass is 10.1. The van der Waals surface area contributed by atoms with Gasteiger partial charge in [-0.1, -0.05) is 11.6 Å². The van der Waals surface area contributed by atoms with E-state index in [-0.39, 0.29) is 4.90 Å². The van der Waals surface area contributed by atoms with Gasteiger partial charge in [-0.2, -0.15) is 5.10 Å². The predicted octanol–water partition coefficient (Wildman–Crippen LogP) is 2.85. The summed E-state index contributed by atoms with van der Waals surface area (Å²) in [4.78, 5) is 0.0375. The van der Waals surface area contributed by atoms with Gasteiger partial charge in [0.05, 0.1) is 34.6 Å². The number of sulfonamides is 1. The molecule has 3 rings (SSSR count). The van der Waals surface area contributed by atoms with Crippen LogP contribution in [0.2, 0.25) is 5.02 Å². The number of hydrogen-bond donors (Lipinski definition) is 1. The summed E-state index contributed by atoms with van der Waals surface area (Å²) < 4.78 is 29.5. The molecule has 0 radical (unpaired) electrons. The van der Waals surface area contributed by atoms with Crippen molar-refractivity contribution in [3.63, 3.8) is 0 Å². The number of methoxy groups -OCH3 is 1. The van der Waals surface area contributed by atoms with Gasteiger partial charge in [0.25, 0.3) is 0 Å². The summed E-state index contributed by atoms with van der Waals surface area (Å²) in [6, 6.07) is 13.5. The smallest absolute Gasteiger partial charge is 0.238 e. The quantitative estimate of drug-likeness (QED) is 0.772. The Morgan fingerprint density at radius 1 is 1.08 bits per heavy atom. The molecule has 0 amide bonds. The first kappa shape index (κ1) is 16.5. The SMILES string of the molecule is COc1ccc(-c2c(Cl)cnn2-c2ccc(S(N)(=O)=O)cc2)cc1. The lowest BCUT2D eigenvalue weighted by Gasteiger charge is -2.09. The number of halogens is 1. The summed E-state index contributed by atoms with van der Waals surface area (Å²) in [7, 11) is -2.14. The number of hydrogen-bond acceptors (Lipinski definition) is 4. The molecular formula is C16H14ClN3O3S. The summed E-state index contributed by atoms with van der Waals surface area (Å²) >= 11 is 6.28. The second-order valence-corrected chi connectivity index (χ2v) is 6.99. The molecule has 2 aromatic carbocycles. The maximum Gasteiger partial charge on any atom is 0.238 e. The van der Waals surface area contributed by atoms with E-state index in [4.69, 9.17) is 21.5 Å². The Hall–Kier alpha value is -2.35. The van der Waals surface area contributed by atoms with E-state index in [2.05, 4.69) is 5.10 Å². The van der Waals surface area contributed by atoms with Crippen LogP contribution in [-0.2, 0) is 10.0 Å². The van der Waals surface area contributed by atoms with Crippen molar-refractivity contribution < 1.29 is 13.2 Å². The number of rotatable bonds is 4. The van der Waals surface area contributed by atoms with Gasteiger partial charge >= 0.3 is 0 Å². The molecule has 8 heteroatoms. The lowest BCUT2D eigenvalue weighted by molar-refractivity contribution is 0.415. The van der Waals surface area contributed by atoms with Crippen LogP contribution in [0.5, 0.6) is 5.75 Å². The zero-order valence-corrected chi connectivity index (χ0v) is 14.3. The van der Waals surface area contributed by atoms with Crippen LogP contribution >= 0.6 is 11.6 Å². The van der Waals surface area contributed by atoms with Crippen LogP contribution in [0.1, 0.15) is 0 Å². The molecular weight excluding hydrogens is 350 g/mol. The second-order valence-electron chi connectivity index (χ2n) is 5.02. The Morgan fingerprint density at radius 3 is 2.25 bits per heavy atom. The summed E-state index contributed by atoms with van der Waals surface area (Å²) in [6.45, 7) is 0. The highest BCUT2D eigenvalue weighted by molar-refractivity contribution is 7.89. The molecule has 0 bridgehead atoms. The molecule has 0 fully saturated rings. The molecule has 0 aliphatic heterocycles. The number of aromatic nitrogens is 2. The van der Waals surface area contributed by atoms with Crippen molar-refractivity contribution in [1.82, 2.24) is 9.78 Å². The minimum Gasteiger partial charge on any atom is -0.497 e. The first-order chi connectivity index (χ1) is 11.4. The fraction of sp³-hybridized carbons (Fsp3) is 0.0625. The molecule has 0 aliphatic rings.